The molecule has 0 saturated carbocycles. The van der Waals surface area contributed by atoms with Gasteiger partial charge in [-0.3, -0.25) is 9.59 Å². The fraction of sp³-hybridized carbons (Fsp3) is 0.561. The minimum atomic E-state index is -0.820. The van der Waals surface area contributed by atoms with E-state index in [1.165, 1.54) is 25.7 Å². The maximum atomic E-state index is 12.1. The van der Waals surface area contributed by atoms with Crippen LogP contribution in [0.1, 0.15) is 129 Å². The minimum absolute atomic E-state index is 0.118. The smallest absolute Gasteiger partial charge is 0.306 e. The first-order valence-electron chi connectivity index (χ1n) is 17.8. The number of allylic oxidation sites excluding steroid dienone is 16. The van der Waals surface area contributed by atoms with Crippen molar-refractivity contribution in [3.63, 3.8) is 0 Å². The standard InChI is InChI=1S/C41H64O5/c1-3-5-7-9-11-13-15-17-19-20-22-23-25-27-29-31-33-35-40(43)45-38-39(37-42)46-41(44)36-34-32-30-28-26-24-21-18-16-14-12-10-8-6-4-2/h6,8,11-14,17-19,21-23,26-29,39,42H,3-5,7,9-10,15-16,20,24-25,30-38H2,1-2H3/b8-6+,13-11+,14-12+,19-17+,21-18+,23-22+,28-26+,29-27+/t39-/m0/s1. The SMILES string of the molecule is CC/C=C/C/C=C/C/C=C/C/C=C/CCCCC(=O)O[C@@H](CO)COC(=O)CCC/C=C/C/C=C/C/C=C/C/C=C/CCCCC. The van der Waals surface area contributed by atoms with E-state index in [1.807, 2.05) is 0 Å². The summed E-state index contributed by atoms with van der Waals surface area (Å²) in [6.07, 6.45) is 50.4. The van der Waals surface area contributed by atoms with Crippen molar-refractivity contribution in [2.45, 2.75) is 136 Å². The van der Waals surface area contributed by atoms with E-state index in [4.69, 9.17) is 9.47 Å². The van der Waals surface area contributed by atoms with Crippen molar-refractivity contribution < 1.29 is 24.2 Å². The fourth-order valence-corrected chi connectivity index (χ4v) is 4.18. The quantitative estimate of drug-likeness (QED) is 0.0482. The van der Waals surface area contributed by atoms with Gasteiger partial charge in [-0.1, -0.05) is 124 Å². The highest BCUT2D eigenvalue weighted by atomic mass is 16.6. The average Bonchev–Trinajstić information content (AvgIpc) is 3.06. The summed E-state index contributed by atoms with van der Waals surface area (Å²) in [7, 11) is 0. The van der Waals surface area contributed by atoms with Gasteiger partial charge in [0.1, 0.15) is 6.61 Å². The topological polar surface area (TPSA) is 72.8 Å². The molecule has 5 nitrogen and oxygen atoms in total. The predicted molar refractivity (Wildman–Crippen MR) is 195 cm³/mol. The van der Waals surface area contributed by atoms with Gasteiger partial charge in [0, 0.05) is 12.8 Å². The molecule has 1 N–H and O–H groups in total. The summed E-state index contributed by atoms with van der Waals surface area (Å²) < 4.78 is 10.5. The number of unbranched alkanes of at least 4 members (excludes halogenated alkanes) is 6. The normalized spacial score (nSPS) is 13.4. The first-order chi connectivity index (χ1) is 22.6. The zero-order chi connectivity index (χ0) is 33.6. The van der Waals surface area contributed by atoms with Crippen molar-refractivity contribution in [2.75, 3.05) is 13.2 Å². The molecule has 0 bridgehead atoms. The van der Waals surface area contributed by atoms with Gasteiger partial charge in [0.2, 0.25) is 0 Å². The van der Waals surface area contributed by atoms with Crippen molar-refractivity contribution in [1.82, 2.24) is 0 Å². The van der Waals surface area contributed by atoms with E-state index in [0.717, 1.165) is 64.2 Å². The zero-order valence-electron chi connectivity index (χ0n) is 29.0. The largest absolute Gasteiger partial charge is 0.462 e. The first-order valence-corrected chi connectivity index (χ1v) is 17.8. The Morgan fingerprint density at radius 2 is 0.935 bits per heavy atom. The van der Waals surface area contributed by atoms with Crippen LogP contribution >= 0.6 is 0 Å². The predicted octanol–water partition coefficient (Wildman–Crippen LogP) is 10.9. The monoisotopic (exact) mass is 636 g/mol. The second kappa shape index (κ2) is 36.3. The minimum Gasteiger partial charge on any atom is -0.462 e. The van der Waals surface area contributed by atoms with Crippen molar-refractivity contribution in [3.05, 3.63) is 97.2 Å². The van der Waals surface area contributed by atoms with Crippen LogP contribution in [0, 0.1) is 0 Å². The fourth-order valence-electron chi connectivity index (χ4n) is 4.18. The van der Waals surface area contributed by atoms with Crippen LogP contribution in [0.25, 0.3) is 0 Å². The summed E-state index contributed by atoms with van der Waals surface area (Å²) in [5.74, 6) is -0.718. The number of aliphatic hydroxyl groups is 1. The van der Waals surface area contributed by atoms with E-state index in [1.54, 1.807) is 0 Å². The Balaban J connectivity index is 3.80. The highest BCUT2D eigenvalue weighted by Crippen LogP contribution is 2.07. The zero-order valence-corrected chi connectivity index (χ0v) is 29.0. The number of carbonyl (C=O) groups excluding carboxylic acids is 2. The maximum absolute atomic E-state index is 12.1. The van der Waals surface area contributed by atoms with Crippen LogP contribution in [0.3, 0.4) is 0 Å². The maximum Gasteiger partial charge on any atom is 0.306 e. The van der Waals surface area contributed by atoms with E-state index in [-0.39, 0.29) is 31.6 Å². The lowest BCUT2D eigenvalue weighted by atomic mass is 10.2. The molecule has 5 heteroatoms. The van der Waals surface area contributed by atoms with E-state index in [9.17, 15) is 14.7 Å². The number of hydrogen-bond acceptors (Lipinski definition) is 5. The first kappa shape index (κ1) is 42.8. The molecule has 258 valence electrons. The molecule has 0 aromatic rings. The molecule has 1 atom stereocenters. The lowest BCUT2D eigenvalue weighted by Crippen LogP contribution is -2.28. The number of hydrogen-bond donors (Lipinski definition) is 1. The van der Waals surface area contributed by atoms with Gasteiger partial charge in [-0.15, -0.1) is 0 Å². The molecule has 46 heavy (non-hydrogen) atoms. The summed E-state index contributed by atoms with van der Waals surface area (Å²) in [4.78, 5) is 24.1. The summed E-state index contributed by atoms with van der Waals surface area (Å²) in [6, 6.07) is 0. The van der Waals surface area contributed by atoms with Gasteiger partial charge in [-0.2, -0.15) is 0 Å². The average molecular weight is 637 g/mol. The van der Waals surface area contributed by atoms with E-state index >= 15 is 0 Å². The third-order valence-electron chi connectivity index (χ3n) is 6.86. The summed E-state index contributed by atoms with van der Waals surface area (Å²) in [6.45, 7) is 3.88. The Kier molecular flexibility index (Phi) is 33.8. The summed E-state index contributed by atoms with van der Waals surface area (Å²) in [5.41, 5.74) is 0. The van der Waals surface area contributed by atoms with Crippen molar-refractivity contribution in [3.8, 4) is 0 Å². The van der Waals surface area contributed by atoms with Gasteiger partial charge in [-0.05, 0) is 89.9 Å². The molecule has 0 aromatic carbocycles. The molecule has 0 heterocycles. The molecule has 0 aromatic heterocycles. The van der Waals surface area contributed by atoms with E-state index in [0.29, 0.717) is 19.3 Å². The molecule has 0 unspecified atom stereocenters. The number of esters is 2. The van der Waals surface area contributed by atoms with Gasteiger partial charge in [0.15, 0.2) is 6.10 Å². The van der Waals surface area contributed by atoms with Crippen molar-refractivity contribution in [1.29, 1.82) is 0 Å². The molecule has 0 aliphatic rings. The Bertz CT molecular complexity index is 948. The van der Waals surface area contributed by atoms with Gasteiger partial charge in [0.05, 0.1) is 6.61 Å². The van der Waals surface area contributed by atoms with Crippen LogP contribution in [-0.2, 0) is 19.1 Å². The lowest BCUT2D eigenvalue weighted by molar-refractivity contribution is -0.161. The molecule has 0 spiro atoms. The molecule has 0 aliphatic carbocycles. The third-order valence-corrected chi connectivity index (χ3v) is 6.86. The highest BCUT2D eigenvalue weighted by molar-refractivity contribution is 5.70. The van der Waals surface area contributed by atoms with E-state index in [2.05, 4.69) is 111 Å². The van der Waals surface area contributed by atoms with Crippen LogP contribution in [0.4, 0.5) is 0 Å². The molecule has 0 saturated heterocycles. The molecular weight excluding hydrogens is 572 g/mol. The molecular formula is C41H64O5. The molecule has 0 amide bonds. The number of aliphatic hydroxyl groups excluding tert-OH is 1. The van der Waals surface area contributed by atoms with Gasteiger partial charge in [-0.25, -0.2) is 0 Å². The van der Waals surface area contributed by atoms with Crippen LogP contribution in [0.2, 0.25) is 0 Å². The van der Waals surface area contributed by atoms with E-state index < -0.39 is 6.10 Å². The third kappa shape index (κ3) is 33.7. The highest BCUT2D eigenvalue weighted by Gasteiger charge is 2.15. The molecule has 0 aliphatic heterocycles. The van der Waals surface area contributed by atoms with Crippen LogP contribution in [0.5, 0.6) is 0 Å². The molecule has 0 rings (SSSR count). The van der Waals surface area contributed by atoms with Crippen LogP contribution < -0.4 is 0 Å². The second-order valence-electron chi connectivity index (χ2n) is 11.2. The summed E-state index contributed by atoms with van der Waals surface area (Å²) in [5, 5.41) is 9.51. The Morgan fingerprint density at radius 3 is 1.39 bits per heavy atom. The van der Waals surface area contributed by atoms with Crippen molar-refractivity contribution in [2.24, 2.45) is 0 Å². The molecule has 0 radical (unpaired) electrons. The summed E-state index contributed by atoms with van der Waals surface area (Å²) >= 11 is 0. The van der Waals surface area contributed by atoms with Crippen molar-refractivity contribution >= 4 is 11.9 Å². The van der Waals surface area contributed by atoms with Gasteiger partial charge < -0.3 is 14.6 Å². The number of ether oxygens (including phenoxy) is 2. The number of carbonyl (C=O) groups is 2. The molecule has 0 fully saturated rings. The second-order valence-corrected chi connectivity index (χ2v) is 11.2. The Hall–Kier alpha value is -3.18. The lowest BCUT2D eigenvalue weighted by Gasteiger charge is -2.15. The number of rotatable bonds is 30. The van der Waals surface area contributed by atoms with Gasteiger partial charge in [0.25, 0.3) is 0 Å². The Labute approximate surface area is 281 Å². The van der Waals surface area contributed by atoms with Crippen LogP contribution in [0.15, 0.2) is 97.2 Å². The Morgan fingerprint density at radius 1 is 0.522 bits per heavy atom. The van der Waals surface area contributed by atoms with Gasteiger partial charge >= 0.3 is 11.9 Å². The van der Waals surface area contributed by atoms with Crippen LogP contribution in [-0.4, -0.2) is 36.4 Å².